The molecule has 0 radical (unpaired) electrons. The van der Waals surface area contributed by atoms with Crippen LogP contribution in [0.1, 0.15) is 28.1 Å². The zero-order valence-electron chi connectivity index (χ0n) is 18.6. The standard InChI is InChI=1S/C24H24Cl2N6S/c1-15-6-4-5-7-18(15)13-31-11-10-22(30-31)27-24(33)28-23-16(2)29-32(17(23)3)14-19-8-9-20(25)12-21(19)26/h4-12H,13-14H2,1-3H3,(H2,27,28,30,33). The zero-order chi connectivity index (χ0) is 23.5. The number of aromatic nitrogens is 4. The maximum Gasteiger partial charge on any atom is 0.176 e. The SMILES string of the molecule is Cc1ccccc1Cn1ccc(NC(=S)Nc2c(C)nn(Cc3ccc(Cl)cc3Cl)c2C)n1. The second kappa shape index (κ2) is 9.95. The van der Waals surface area contributed by atoms with E-state index < -0.39 is 0 Å². The van der Waals surface area contributed by atoms with Gasteiger partial charge in [-0.25, -0.2) is 0 Å². The van der Waals surface area contributed by atoms with E-state index in [1.807, 2.05) is 59.7 Å². The van der Waals surface area contributed by atoms with Crippen molar-refractivity contribution in [2.24, 2.45) is 0 Å². The molecule has 9 heteroatoms. The fourth-order valence-corrected chi connectivity index (χ4v) is 4.26. The number of anilines is 2. The van der Waals surface area contributed by atoms with Crippen molar-refractivity contribution in [3.05, 3.63) is 92.9 Å². The number of nitrogens with zero attached hydrogens (tertiary/aromatic N) is 4. The number of aryl methyl sites for hydroxylation is 2. The number of halogens is 2. The van der Waals surface area contributed by atoms with E-state index >= 15 is 0 Å². The molecular formula is C24H24Cl2N6S. The average molecular weight is 499 g/mol. The molecular weight excluding hydrogens is 475 g/mol. The first-order chi connectivity index (χ1) is 15.8. The van der Waals surface area contributed by atoms with Gasteiger partial charge >= 0.3 is 0 Å². The van der Waals surface area contributed by atoms with Gasteiger partial charge in [-0.1, -0.05) is 53.5 Å². The van der Waals surface area contributed by atoms with Crippen LogP contribution in [0.2, 0.25) is 10.0 Å². The van der Waals surface area contributed by atoms with Crippen LogP contribution in [0, 0.1) is 20.8 Å². The highest BCUT2D eigenvalue weighted by atomic mass is 35.5. The summed E-state index contributed by atoms with van der Waals surface area (Å²) in [4.78, 5) is 0. The van der Waals surface area contributed by atoms with Gasteiger partial charge in [-0.15, -0.1) is 0 Å². The fourth-order valence-electron chi connectivity index (χ4n) is 3.58. The van der Waals surface area contributed by atoms with Gasteiger partial charge < -0.3 is 10.6 Å². The van der Waals surface area contributed by atoms with Crippen molar-refractivity contribution in [3.63, 3.8) is 0 Å². The Morgan fingerprint density at radius 3 is 2.48 bits per heavy atom. The third kappa shape index (κ3) is 5.55. The Labute approximate surface area is 208 Å². The van der Waals surface area contributed by atoms with Crippen LogP contribution >= 0.6 is 35.4 Å². The van der Waals surface area contributed by atoms with Gasteiger partial charge in [0, 0.05) is 22.3 Å². The van der Waals surface area contributed by atoms with Gasteiger partial charge in [-0.3, -0.25) is 9.36 Å². The van der Waals surface area contributed by atoms with Crippen molar-refractivity contribution >= 4 is 52.0 Å². The summed E-state index contributed by atoms with van der Waals surface area (Å²) >= 11 is 17.9. The van der Waals surface area contributed by atoms with Crippen LogP contribution in [0.5, 0.6) is 0 Å². The molecule has 0 aliphatic carbocycles. The first kappa shape index (κ1) is 23.3. The molecule has 0 saturated carbocycles. The van der Waals surface area contributed by atoms with Gasteiger partial charge in [0.25, 0.3) is 0 Å². The van der Waals surface area contributed by atoms with Crippen LogP contribution in [0.15, 0.2) is 54.7 Å². The minimum Gasteiger partial charge on any atom is -0.329 e. The normalized spacial score (nSPS) is 10.9. The number of hydrogen-bond acceptors (Lipinski definition) is 3. The van der Waals surface area contributed by atoms with Crippen molar-refractivity contribution in [3.8, 4) is 0 Å². The van der Waals surface area contributed by atoms with Crippen LogP contribution in [0.25, 0.3) is 0 Å². The molecule has 0 amide bonds. The molecule has 6 nitrogen and oxygen atoms in total. The van der Waals surface area contributed by atoms with Crippen LogP contribution in [0.4, 0.5) is 11.5 Å². The maximum atomic E-state index is 6.33. The predicted octanol–water partition coefficient (Wildman–Crippen LogP) is 6.22. The van der Waals surface area contributed by atoms with Gasteiger partial charge in [0.15, 0.2) is 10.9 Å². The van der Waals surface area contributed by atoms with Crippen LogP contribution < -0.4 is 10.6 Å². The highest BCUT2D eigenvalue weighted by Gasteiger charge is 2.15. The third-order valence-electron chi connectivity index (χ3n) is 5.43. The summed E-state index contributed by atoms with van der Waals surface area (Å²) in [6, 6.07) is 15.7. The zero-order valence-corrected chi connectivity index (χ0v) is 20.9. The largest absolute Gasteiger partial charge is 0.329 e. The molecule has 0 unspecified atom stereocenters. The average Bonchev–Trinajstić information content (AvgIpc) is 3.31. The van der Waals surface area contributed by atoms with E-state index in [1.54, 1.807) is 6.07 Å². The van der Waals surface area contributed by atoms with E-state index in [4.69, 9.17) is 35.4 Å². The van der Waals surface area contributed by atoms with Crippen molar-refractivity contribution in [2.45, 2.75) is 33.9 Å². The summed E-state index contributed by atoms with van der Waals surface area (Å²) in [5.74, 6) is 0.678. The summed E-state index contributed by atoms with van der Waals surface area (Å²) in [5, 5.41) is 17.3. The first-order valence-corrected chi connectivity index (χ1v) is 11.6. The molecule has 33 heavy (non-hydrogen) atoms. The highest BCUT2D eigenvalue weighted by Crippen LogP contribution is 2.25. The Morgan fingerprint density at radius 1 is 0.939 bits per heavy atom. The lowest BCUT2D eigenvalue weighted by atomic mass is 10.1. The highest BCUT2D eigenvalue weighted by molar-refractivity contribution is 7.80. The molecule has 0 fully saturated rings. The Bertz CT molecular complexity index is 1310. The third-order valence-corrected chi connectivity index (χ3v) is 6.22. The summed E-state index contributed by atoms with van der Waals surface area (Å²) in [5.41, 5.74) is 6.06. The number of thiocarbonyl (C=S) groups is 1. The van der Waals surface area contributed by atoms with Crippen LogP contribution in [-0.2, 0) is 13.1 Å². The van der Waals surface area contributed by atoms with E-state index in [1.165, 1.54) is 11.1 Å². The Morgan fingerprint density at radius 2 is 1.73 bits per heavy atom. The minimum absolute atomic E-state index is 0.450. The van der Waals surface area contributed by atoms with Gasteiger partial charge in [-0.2, -0.15) is 10.2 Å². The topological polar surface area (TPSA) is 59.7 Å². The van der Waals surface area contributed by atoms with E-state index in [9.17, 15) is 0 Å². The summed E-state index contributed by atoms with van der Waals surface area (Å²) in [6.45, 7) is 7.27. The van der Waals surface area contributed by atoms with Gasteiger partial charge in [0.05, 0.1) is 30.2 Å². The van der Waals surface area contributed by atoms with E-state index in [0.717, 1.165) is 22.6 Å². The lowest BCUT2D eigenvalue weighted by Crippen LogP contribution is -2.20. The molecule has 0 aliphatic heterocycles. The number of hydrogen-bond donors (Lipinski definition) is 2. The summed E-state index contributed by atoms with van der Waals surface area (Å²) in [6.07, 6.45) is 1.93. The molecule has 2 aromatic carbocycles. The maximum absolute atomic E-state index is 6.33. The predicted molar refractivity (Wildman–Crippen MR) is 140 cm³/mol. The molecule has 4 rings (SSSR count). The van der Waals surface area contributed by atoms with Crippen molar-refractivity contribution in [2.75, 3.05) is 10.6 Å². The van der Waals surface area contributed by atoms with Crippen molar-refractivity contribution in [1.82, 2.24) is 19.6 Å². The molecule has 2 N–H and O–H groups in total. The van der Waals surface area contributed by atoms with E-state index in [2.05, 4.69) is 39.9 Å². The van der Waals surface area contributed by atoms with Crippen molar-refractivity contribution < 1.29 is 0 Å². The number of rotatable bonds is 6. The van der Waals surface area contributed by atoms with Gasteiger partial charge in [0.2, 0.25) is 0 Å². The molecule has 0 saturated heterocycles. The smallest absolute Gasteiger partial charge is 0.176 e. The molecule has 0 bridgehead atoms. The molecule has 0 aliphatic rings. The monoisotopic (exact) mass is 498 g/mol. The Balaban J connectivity index is 1.42. The lowest BCUT2D eigenvalue weighted by Gasteiger charge is -2.10. The number of benzene rings is 2. The second-order valence-corrected chi connectivity index (χ2v) is 9.10. The molecule has 170 valence electrons. The second-order valence-electron chi connectivity index (χ2n) is 7.84. The first-order valence-electron chi connectivity index (χ1n) is 10.4. The Hall–Kier alpha value is -2.87. The van der Waals surface area contributed by atoms with Crippen LogP contribution in [-0.4, -0.2) is 24.7 Å². The summed E-state index contributed by atoms with van der Waals surface area (Å²) < 4.78 is 3.78. The molecule has 0 atom stereocenters. The Kier molecular flexibility index (Phi) is 7.02. The fraction of sp³-hybridized carbons (Fsp3) is 0.208. The minimum atomic E-state index is 0.450. The van der Waals surface area contributed by atoms with Crippen LogP contribution in [0.3, 0.4) is 0 Å². The molecule has 4 aromatic rings. The molecule has 2 heterocycles. The quantitative estimate of drug-likeness (QED) is 0.309. The summed E-state index contributed by atoms with van der Waals surface area (Å²) in [7, 11) is 0. The van der Waals surface area contributed by atoms with Gasteiger partial charge in [0.1, 0.15) is 0 Å². The molecule has 2 aromatic heterocycles. The van der Waals surface area contributed by atoms with E-state index in [-0.39, 0.29) is 0 Å². The van der Waals surface area contributed by atoms with Crippen molar-refractivity contribution in [1.29, 1.82) is 0 Å². The lowest BCUT2D eigenvalue weighted by molar-refractivity contribution is 0.659. The molecule has 0 spiro atoms. The number of nitrogens with one attached hydrogen (secondary N) is 2. The van der Waals surface area contributed by atoms with E-state index in [0.29, 0.717) is 34.1 Å². The van der Waals surface area contributed by atoms with Gasteiger partial charge in [-0.05, 0) is 61.8 Å².